The van der Waals surface area contributed by atoms with E-state index in [4.69, 9.17) is 20.8 Å². The molecule has 4 rings (SSSR count). The van der Waals surface area contributed by atoms with E-state index in [1.54, 1.807) is 31.3 Å². The second kappa shape index (κ2) is 6.32. The summed E-state index contributed by atoms with van der Waals surface area (Å²) in [5, 5.41) is 4.25. The lowest BCUT2D eigenvalue weighted by Gasteiger charge is -2.26. The zero-order valence-corrected chi connectivity index (χ0v) is 15.8. The highest BCUT2D eigenvalue weighted by molar-refractivity contribution is 6.32. The van der Waals surface area contributed by atoms with E-state index in [0.717, 1.165) is 16.5 Å². The molecule has 7 heteroatoms. The van der Waals surface area contributed by atoms with Crippen molar-refractivity contribution in [2.45, 2.75) is 13.8 Å². The van der Waals surface area contributed by atoms with Gasteiger partial charge in [0.2, 0.25) is 0 Å². The number of ether oxygens (including phenoxy) is 1. The molecule has 3 aromatic rings. The third-order valence-electron chi connectivity index (χ3n) is 4.73. The lowest BCUT2D eigenvalue weighted by atomic mass is 10.1. The van der Waals surface area contributed by atoms with Crippen LogP contribution in [0.2, 0.25) is 5.02 Å². The second-order valence-electron chi connectivity index (χ2n) is 6.53. The minimum absolute atomic E-state index is 0.00929. The number of carbonyl (C=O) groups is 2. The standard InChI is InChI=1S/C20H17ClN2O4/c1-10-6-17-13(8-14(10)21)11(2)19(27-17)20(25)22-12-4-5-16-15(7-12)23(3)18(24)9-26-16/h4-8H,9H2,1-3H3,(H,22,25). The molecule has 1 aromatic heterocycles. The molecule has 27 heavy (non-hydrogen) atoms. The highest BCUT2D eigenvalue weighted by Gasteiger charge is 2.24. The van der Waals surface area contributed by atoms with E-state index in [-0.39, 0.29) is 24.2 Å². The Morgan fingerprint density at radius 2 is 2.00 bits per heavy atom. The molecule has 1 aliphatic rings. The molecule has 1 N–H and O–H groups in total. The van der Waals surface area contributed by atoms with Gasteiger partial charge in [0.15, 0.2) is 12.4 Å². The van der Waals surface area contributed by atoms with Gasteiger partial charge in [-0.05, 0) is 49.7 Å². The van der Waals surface area contributed by atoms with Crippen LogP contribution in [0, 0.1) is 13.8 Å². The summed E-state index contributed by atoms with van der Waals surface area (Å²) < 4.78 is 11.2. The number of furan rings is 1. The molecule has 0 saturated carbocycles. The first-order valence-corrected chi connectivity index (χ1v) is 8.77. The van der Waals surface area contributed by atoms with Gasteiger partial charge in [0.25, 0.3) is 11.8 Å². The van der Waals surface area contributed by atoms with E-state index in [1.165, 1.54) is 4.90 Å². The van der Waals surface area contributed by atoms with Gasteiger partial charge in [0.1, 0.15) is 11.3 Å². The predicted octanol–water partition coefficient (Wildman–Crippen LogP) is 4.31. The van der Waals surface area contributed by atoms with Gasteiger partial charge in [-0.25, -0.2) is 0 Å². The Bertz CT molecular complexity index is 1100. The van der Waals surface area contributed by atoms with E-state index < -0.39 is 0 Å². The maximum Gasteiger partial charge on any atom is 0.291 e. The summed E-state index contributed by atoms with van der Waals surface area (Å²) in [4.78, 5) is 26.0. The SMILES string of the molecule is Cc1cc2oc(C(=O)Nc3ccc4c(c3)N(C)C(=O)CO4)c(C)c2cc1Cl. The maximum atomic E-state index is 12.7. The number of hydrogen-bond acceptors (Lipinski definition) is 4. The van der Waals surface area contributed by atoms with Crippen LogP contribution in [0.15, 0.2) is 34.7 Å². The summed E-state index contributed by atoms with van der Waals surface area (Å²) >= 11 is 6.18. The Kier molecular flexibility index (Phi) is 4.08. The quantitative estimate of drug-likeness (QED) is 0.714. The Balaban J connectivity index is 1.66. The largest absolute Gasteiger partial charge is 0.482 e. The lowest BCUT2D eigenvalue weighted by molar-refractivity contribution is -0.120. The van der Waals surface area contributed by atoms with Crippen LogP contribution in [-0.2, 0) is 4.79 Å². The van der Waals surface area contributed by atoms with Crippen LogP contribution in [0.5, 0.6) is 5.75 Å². The van der Waals surface area contributed by atoms with Crippen molar-refractivity contribution in [3.63, 3.8) is 0 Å². The first kappa shape index (κ1) is 17.4. The van der Waals surface area contributed by atoms with E-state index in [9.17, 15) is 9.59 Å². The van der Waals surface area contributed by atoms with Crippen molar-refractivity contribution in [1.29, 1.82) is 0 Å². The first-order valence-electron chi connectivity index (χ1n) is 8.39. The fraction of sp³-hybridized carbons (Fsp3) is 0.200. The van der Waals surface area contributed by atoms with Crippen LogP contribution in [0.4, 0.5) is 11.4 Å². The monoisotopic (exact) mass is 384 g/mol. The molecular formula is C20H17ClN2O4. The van der Waals surface area contributed by atoms with Crippen molar-refractivity contribution >= 4 is 45.8 Å². The molecule has 2 aromatic carbocycles. The molecule has 0 unspecified atom stereocenters. The van der Waals surface area contributed by atoms with Crippen LogP contribution in [-0.4, -0.2) is 25.5 Å². The van der Waals surface area contributed by atoms with Crippen LogP contribution in [0.1, 0.15) is 21.7 Å². The number of halogens is 1. The zero-order chi connectivity index (χ0) is 19.3. The number of nitrogens with one attached hydrogen (secondary N) is 1. The molecule has 0 aliphatic carbocycles. The Hall–Kier alpha value is -2.99. The third kappa shape index (κ3) is 2.92. The van der Waals surface area contributed by atoms with Crippen molar-refractivity contribution in [1.82, 2.24) is 0 Å². The van der Waals surface area contributed by atoms with Gasteiger partial charge >= 0.3 is 0 Å². The van der Waals surface area contributed by atoms with Gasteiger partial charge in [-0.1, -0.05) is 11.6 Å². The zero-order valence-electron chi connectivity index (χ0n) is 15.1. The highest BCUT2D eigenvalue weighted by Crippen LogP contribution is 2.34. The number of aryl methyl sites for hydroxylation is 2. The predicted molar refractivity (Wildman–Crippen MR) is 104 cm³/mol. The van der Waals surface area contributed by atoms with Crippen molar-refractivity contribution in [3.8, 4) is 5.75 Å². The molecular weight excluding hydrogens is 368 g/mol. The molecule has 0 fully saturated rings. The van der Waals surface area contributed by atoms with Gasteiger partial charge in [0.05, 0.1) is 5.69 Å². The number of hydrogen-bond donors (Lipinski definition) is 1. The molecule has 0 bridgehead atoms. The number of benzene rings is 2. The molecule has 0 radical (unpaired) electrons. The highest BCUT2D eigenvalue weighted by atomic mass is 35.5. The average molecular weight is 385 g/mol. The number of likely N-dealkylation sites (N-methyl/N-ethyl adjacent to an activating group) is 1. The minimum Gasteiger partial charge on any atom is -0.482 e. The van der Waals surface area contributed by atoms with E-state index >= 15 is 0 Å². The van der Waals surface area contributed by atoms with Gasteiger partial charge < -0.3 is 19.4 Å². The molecule has 138 valence electrons. The summed E-state index contributed by atoms with van der Waals surface area (Å²) in [5.41, 5.74) is 3.36. The van der Waals surface area contributed by atoms with Crippen molar-refractivity contribution in [2.24, 2.45) is 0 Å². The van der Waals surface area contributed by atoms with E-state index in [1.807, 2.05) is 19.9 Å². The van der Waals surface area contributed by atoms with Crippen LogP contribution in [0.25, 0.3) is 11.0 Å². The van der Waals surface area contributed by atoms with Crippen LogP contribution >= 0.6 is 11.6 Å². The smallest absolute Gasteiger partial charge is 0.291 e. The summed E-state index contributed by atoms with van der Waals surface area (Å²) in [6.45, 7) is 3.71. The molecule has 2 amide bonds. The minimum atomic E-state index is -0.372. The topological polar surface area (TPSA) is 71.8 Å². The van der Waals surface area contributed by atoms with Crippen LogP contribution in [0.3, 0.4) is 0 Å². The Morgan fingerprint density at radius 3 is 2.78 bits per heavy atom. The second-order valence-corrected chi connectivity index (χ2v) is 6.94. The summed E-state index contributed by atoms with van der Waals surface area (Å²) in [6.07, 6.45) is 0. The van der Waals surface area contributed by atoms with Crippen LogP contribution < -0.4 is 15.0 Å². The first-order chi connectivity index (χ1) is 12.8. The normalized spacial score (nSPS) is 13.5. The van der Waals surface area contributed by atoms with Gasteiger partial charge in [0, 0.05) is 28.7 Å². The number of amides is 2. The summed E-state index contributed by atoms with van der Waals surface area (Å²) in [7, 11) is 1.67. The van der Waals surface area contributed by atoms with Crippen molar-refractivity contribution < 1.29 is 18.7 Å². The fourth-order valence-electron chi connectivity index (χ4n) is 3.10. The Morgan fingerprint density at radius 1 is 1.22 bits per heavy atom. The summed E-state index contributed by atoms with van der Waals surface area (Å²) in [6, 6.07) is 8.77. The Labute approximate surface area is 160 Å². The number of rotatable bonds is 2. The number of carbonyl (C=O) groups excluding carboxylic acids is 2. The molecule has 0 atom stereocenters. The molecule has 1 aliphatic heterocycles. The third-order valence-corrected chi connectivity index (χ3v) is 5.13. The lowest BCUT2D eigenvalue weighted by Crippen LogP contribution is -2.35. The number of nitrogens with zero attached hydrogens (tertiary/aromatic N) is 1. The molecule has 0 saturated heterocycles. The number of fused-ring (bicyclic) bond motifs is 2. The number of anilines is 2. The fourth-order valence-corrected chi connectivity index (χ4v) is 3.26. The molecule has 6 nitrogen and oxygen atoms in total. The molecule has 0 spiro atoms. The maximum absolute atomic E-state index is 12.7. The van der Waals surface area contributed by atoms with E-state index in [0.29, 0.717) is 27.7 Å². The van der Waals surface area contributed by atoms with Crippen molar-refractivity contribution in [3.05, 3.63) is 52.2 Å². The summed E-state index contributed by atoms with van der Waals surface area (Å²) in [5.74, 6) is 0.305. The van der Waals surface area contributed by atoms with E-state index in [2.05, 4.69) is 5.32 Å². The van der Waals surface area contributed by atoms with Gasteiger partial charge in [-0.15, -0.1) is 0 Å². The van der Waals surface area contributed by atoms with Gasteiger partial charge in [-0.2, -0.15) is 0 Å². The van der Waals surface area contributed by atoms with Crippen molar-refractivity contribution in [2.75, 3.05) is 23.9 Å². The average Bonchev–Trinajstić information content (AvgIpc) is 2.95. The molecule has 2 heterocycles. The van der Waals surface area contributed by atoms with Gasteiger partial charge in [-0.3, -0.25) is 9.59 Å².